The largest absolute Gasteiger partial charge is 0.497 e. The van der Waals surface area contributed by atoms with Crippen LogP contribution in [0.1, 0.15) is 12.0 Å². The Labute approximate surface area is 160 Å². The molecule has 25 heavy (non-hydrogen) atoms. The molecule has 0 aliphatic carbocycles. The second-order valence-corrected chi connectivity index (χ2v) is 8.24. The zero-order valence-corrected chi connectivity index (χ0v) is 16.4. The summed E-state index contributed by atoms with van der Waals surface area (Å²) in [5, 5.41) is 12.9. The van der Waals surface area contributed by atoms with Gasteiger partial charge in [-0.05, 0) is 66.7 Å². The van der Waals surface area contributed by atoms with Crippen molar-refractivity contribution >= 4 is 38.5 Å². The molecule has 2 heterocycles. The van der Waals surface area contributed by atoms with Crippen molar-refractivity contribution in [1.82, 2.24) is 0 Å². The molecule has 0 radical (unpaired) electrons. The number of rotatable bonds is 3. The van der Waals surface area contributed by atoms with Crippen molar-refractivity contribution in [3.63, 3.8) is 0 Å². The van der Waals surface area contributed by atoms with E-state index in [9.17, 15) is 5.11 Å². The minimum Gasteiger partial charge on any atom is -0.497 e. The number of aliphatic hydroxyl groups is 1. The van der Waals surface area contributed by atoms with Gasteiger partial charge in [0.2, 0.25) is 0 Å². The number of thioether (sulfide) groups is 1. The summed E-state index contributed by atoms with van der Waals surface area (Å²) in [5.41, 5.74) is 0.777. The van der Waals surface area contributed by atoms with Gasteiger partial charge in [0.25, 0.3) is 5.72 Å². The summed E-state index contributed by atoms with van der Waals surface area (Å²) in [4.78, 5) is 2.07. The normalized spacial score (nSPS) is 22.9. The lowest BCUT2D eigenvalue weighted by atomic mass is 10.0. The number of ether oxygens (including phenoxy) is 1. The maximum atomic E-state index is 11.7. The number of methoxy groups -OCH3 is 1. The van der Waals surface area contributed by atoms with Gasteiger partial charge in [-0.15, -0.1) is 0 Å². The zero-order valence-electron chi connectivity index (χ0n) is 14.0. The van der Waals surface area contributed by atoms with Crippen molar-refractivity contribution in [2.24, 2.45) is 0 Å². The van der Waals surface area contributed by atoms with E-state index in [1.165, 1.54) is 0 Å². The Morgan fingerprint density at radius 2 is 1.88 bits per heavy atom. The lowest BCUT2D eigenvalue weighted by Crippen LogP contribution is -2.46. The minimum atomic E-state index is -1.09. The van der Waals surface area contributed by atoms with Crippen LogP contribution >= 0.6 is 27.7 Å². The first-order chi connectivity index (χ1) is 12.1. The first-order valence-electron chi connectivity index (χ1n) is 8.29. The number of nitrogens with zero attached hydrogens (tertiary/aromatic N) is 2. The predicted octanol–water partition coefficient (Wildman–Crippen LogP) is 3.63. The molecule has 0 saturated heterocycles. The molecule has 1 unspecified atom stereocenters. The van der Waals surface area contributed by atoms with Crippen LogP contribution in [-0.2, 0) is 5.72 Å². The first kappa shape index (κ1) is 16.9. The van der Waals surface area contributed by atoms with E-state index in [2.05, 4.69) is 25.4 Å². The van der Waals surface area contributed by atoms with Gasteiger partial charge in [0.15, 0.2) is 6.54 Å². The quantitative estimate of drug-likeness (QED) is 0.770. The van der Waals surface area contributed by atoms with Gasteiger partial charge < -0.3 is 9.84 Å². The Morgan fingerprint density at radius 3 is 2.56 bits per heavy atom. The molecule has 1 atom stereocenters. The molecule has 2 aliphatic heterocycles. The maximum Gasteiger partial charge on any atom is 0.316 e. The third kappa shape index (κ3) is 2.96. The van der Waals surface area contributed by atoms with Crippen molar-refractivity contribution < 1.29 is 14.4 Å². The molecule has 0 aromatic heterocycles. The number of amidine groups is 1. The smallest absolute Gasteiger partial charge is 0.316 e. The highest BCUT2D eigenvalue weighted by Crippen LogP contribution is 2.40. The molecule has 6 heteroatoms. The van der Waals surface area contributed by atoms with Crippen LogP contribution in [0.25, 0.3) is 0 Å². The molecule has 0 spiro atoms. The lowest BCUT2D eigenvalue weighted by molar-refractivity contribution is -0.532. The molecule has 4 rings (SSSR count). The Bertz CT molecular complexity index is 807. The first-order valence-corrected chi connectivity index (χ1v) is 10.1. The number of halogens is 1. The zero-order chi connectivity index (χ0) is 17.4. The topological polar surface area (TPSA) is 35.7 Å². The van der Waals surface area contributed by atoms with E-state index in [1.54, 1.807) is 7.11 Å². The van der Waals surface area contributed by atoms with Crippen molar-refractivity contribution in [2.75, 3.05) is 30.9 Å². The second kappa shape index (κ2) is 6.67. The molecule has 130 valence electrons. The van der Waals surface area contributed by atoms with Gasteiger partial charge in [-0.25, -0.2) is 4.58 Å². The lowest BCUT2D eigenvalue weighted by Gasteiger charge is -2.28. The molecule has 2 aromatic rings. The van der Waals surface area contributed by atoms with Crippen LogP contribution in [0.5, 0.6) is 5.75 Å². The minimum absolute atomic E-state index is 0.567. The van der Waals surface area contributed by atoms with Crippen LogP contribution in [0.15, 0.2) is 53.0 Å². The molecule has 0 fully saturated rings. The molecule has 2 aromatic carbocycles. The molecule has 0 bridgehead atoms. The van der Waals surface area contributed by atoms with Crippen LogP contribution in [0.2, 0.25) is 0 Å². The van der Waals surface area contributed by atoms with E-state index >= 15 is 0 Å². The van der Waals surface area contributed by atoms with Gasteiger partial charge in [0.05, 0.1) is 13.7 Å². The molecule has 4 nitrogen and oxygen atoms in total. The molecule has 0 amide bonds. The number of benzene rings is 2. The summed E-state index contributed by atoms with van der Waals surface area (Å²) >= 11 is 5.31. The summed E-state index contributed by atoms with van der Waals surface area (Å²) in [6, 6.07) is 15.8. The summed E-state index contributed by atoms with van der Waals surface area (Å²) in [5.74, 6) is 1.87. The molecule has 1 N–H and O–H groups in total. The van der Waals surface area contributed by atoms with Gasteiger partial charge in [-0.1, -0.05) is 15.9 Å². The Balaban J connectivity index is 1.80. The summed E-state index contributed by atoms with van der Waals surface area (Å²) in [6.07, 6.45) is 1.14. The van der Waals surface area contributed by atoms with E-state index in [4.69, 9.17) is 4.74 Å². The second-order valence-electron chi connectivity index (χ2n) is 6.26. The molecular weight excluding hydrogens is 400 g/mol. The fourth-order valence-corrected chi connectivity index (χ4v) is 4.89. The maximum absolute atomic E-state index is 11.7. The van der Waals surface area contributed by atoms with Crippen LogP contribution in [0.4, 0.5) is 5.69 Å². The fourth-order valence-electron chi connectivity index (χ4n) is 3.45. The van der Waals surface area contributed by atoms with Crippen molar-refractivity contribution in [1.29, 1.82) is 0 Å². The summed E-state index contributed by atoms with van der Waals surface area (Å²) in [7, 11) is 1.65. The highest BCUT2D eigenvalue weighted by atomic mass is 79.9. The number of anilines is 1. The van der Waals surface area contributed by atoms with Crippen LogP contribution in [-0.4, -0.2) is 40.8 Å². The Morgan fingerprint density at radius 1 is 1.16 bits per heavy atom. The summed E-state index contributed by atoms with van der Waals surface area (Å²) in [6.45, 7) is 1.55. The highest BCUT2D eigenvalue weighted by molar-refractivity contribution is 9.10. The van der Waals surface area contributed by atoms with E-state index in [0.29, 0.717) is 6.54 Å². The van der Waals surface area contributed by atoms with E-state index < -0.39 is 5.72 Å². The van der Waals surface area contributed by atoms with Crippen molar-refractivity contribution in [3.05, 3.63) is 58.6 Å². The van der Waals surface area contributed by atoms with E-state index in [1.807, 2.05) is 60.3 Å². The van der Waals surface area contributed by atoms with Gasteiger partial charge in [0, 0.05) is 15.8 Å². The van der Waals surface area contributed by atoms with Crippen molar-refractivity contribution in [3.8, 4) is 5.75 Å². The van der Waals surface area contributed by atoms with Gasteiger partial charge >= 0.3 is 5.17 Å². The fraction of sp³-hybridized carbons (Fsp3) is 0.316. The van der Waals surface area contributed by atoms with Gasteiger partial charge in [-0.3, -0.25) is 0 Å². The SMILES string of the molecule is COc1ccc(C2(O)C[N+]3=C(SCCC3)N2c2ccc(Br)cc2)cc1. The monoisotopic (exact) mass is 419 g/mol. The third-order valence-electron chi connectivity index (χ3n) is 4.68. The van der Waals surface area contributed by atoms with Crippen molar-refractivity contribution in [2.45, 2.75) is 12.1 Å². The molecule has 0 saturated carbocycles. The average molecular weight is 420 g/mol. The van der Waals surface area contributed by atoms with Crippen LogP contribution < -0.4 is 9.64 Å². The number of hydrogen-bond donors (Lipinski definition) is 1. The number of hydrogen-bond acceptors (Lipinski definition) is 4. The Kier molecular flexibility index (Phi) is 4.52. The standard InChI is InChI=1S/C19H20BrN2O2S/c1-24-17-9-3-14(4-10-17)19(23)13-21-11-2-12-25-18(21)22(19)16-7-5-15(20)6-8-16/h3-10,23H,2,11-13H2,1H3/q+1. The van der Waals surface area contributed by atoms with Gasteiger partial charge in [0.1, 0.15) is 11.4 Å². The van der Waals surface area contributed by atoms with Crippen LogP contribution in [0, 0.1) is 0 Å². The molecular formula is C19H20BrN2O2S+. The van der Waals surface area contributed by atoms with E-state index in [-0.39, 0.29) is 0 Å². The predicted molar refractivity (Wildman–Crippen MR) is 106 cm³/mol. The summed E-state index contributed by atoms with van der Waals surface area (Å²) < 4.78 is 8.59. The average Bonchev–Trinajstić information content (AvgIpc) is 2.96. The van der Waals surface area contributed by atoms with E-state index in [0.717, 1.165) is 45.4 Å². The highest BCUT2D eigenvalue weighted by Gasteiger charge is 2.55. The molecule has 2 aliphatic rings. The van der Waals surface area contributed by atoms with Gasteiger partial charge in [-0.2, -0.15) is 4.90 Å². The van der Waals surface area contributed by atoms with Crippen LogP contribution in [0.3, 0.4) is 0 Å². The Hall–Kier alpha value is -1.50. The third-order valence-corrected chi connectivity index (χ3v) is 6.40.